The Balaban J connectivity index is 1.83. The first-order valence-electron chi connectivity index (χ1n) is 6.50. The quantitative estimate of drug-likeness (QED) is 0.835. The first-order chi connectivity index (χ1) is 8.28. The molecule has 96 valence electrons. The molecule has 1 saturated heterocycles. The molecule has 2 heterocycles. The molecule has 1 aromatic heterocycles. The Labute approximate surface area is 103 Å². The Bertz CT molecular complexity index is 333. The van der Waals surface area contributed by atoms with Gasteiger partial charge in [-0.1, -0.05) is 12.1 Å². The van der Waals surface area contributed by atoms with E-state index in [1.807, 2.05) is 6.92 Å². The van der Waals surface area contributed by atoms with Crippen molar-refractivity contribution >= 4 is 0 Å². The third-order valence-corrected chi connectivity index (χ3v) is 3.35. The van der Waals surface area contributed by atoms with Crippen LogP contribution in [0.25, 0.3) is 0 Å². The number of nitrogens with zero attached hydrogens (tertiary/aromatic N) is 3. The van der Waals surface area contributed by atoms with Crippen molar-refractivity contribution in [3.05, 3.63) is 11.7 Å². The van der Waals surface area contributed by atoms with E-state index in [0.29, 0.717) is 0 Å². The third kappa shape index (κ3) is 3.78. The van der Waals surface area contributed by atoms with E-state index in [4.69, 9.17) is 4.52 Å². The summed E-state index contributed by atoms with van der Waals surface area (Å²) >= 11 is 0. The molecule has 1 aliphatic heterocycles. The highest BCUT2D eigenvalue weighted by Gasteiger charge is 2.17. The fraction of sp³-hybridized carbons (Fsp3) is 0.833. The minimum absolute atomic E-state index is 0.720. The smallest absolute Gasteiger partial charge is 0.240 e. The lowest BCUT2D eigenvalue weighted by Crippen LogP contribution is -2.36. The molecule has 1 aliphatic rings. The number of aryl methyl sites for hydroxylation is 1. The molecule has 0 radical (unpaired) electrons. The maximum Gasteiger partial charge on any atom is 0.240 e. The van der Waals surface area contributed by atoms with Crippen LogP contribution in [-0.2, 0) is 6.54 Å². The number of rotatable bonds is 5. The monoisotopic (exact) mass is 238 g/mol. The van der Waals surface area contributed by atoms with Gasteiger partial charge in [0.05, 0.1) is 6.54 Å². The van der Waals surface area contributed by atoms with E-state index in [9.17, 15) is 0 Å². The van der Waals surface area contributed by atoms with E-state index < -0.39 is 0 Å². The molecule has 0 aromatic carbocycles. The van der Waals surface area contributed by atoms with Crippen LogP contribution in [0.2, 0.25) is 0 Å². The van der Waals surface area contributed by atoms with Crippen molar-refractivity contribution in [2.45, 2.75) is 33.2 Å². The molecule has 0 saturated carbocycles. The molecule has 1 N–H and O–H groups in total. The zero-order valence-corrected chi connectivity index (χ0v) is 10.8. The van der Waals surface area contributed by atoms with Gasteiger partial charge in [-0.25, -0.2) is 0 Å². The highest BCUT2D eigenvalue weighted by atomic mass is 16.5. The van der Waals surface area contributed by atoms with Crippen molar-refractivity contribution in [1.29, 1.82) is 0 Å². The summed E-state index contributed by atoms with van der Waals surface area (Å²) in [5.41, 5.74) is 0. The van der Waals surface area contributed by atoms with Crippen LogP contribution in [-0.4, -0.2) is 41.2 Å². The summed E-state index contributed by atoms with van der Waals surface area (Å²) in [5, 5.41) is 7.23. The number of hydrogen-bond donors (Lipinski definition) is 1. The summed E-state index contributed by atoms with van der Waals surface area (Å²) in [6, 6.07) is 0. The number of piperidine rings is 1. The predicted octanol–water partition coefficient (Wildman–Crippen LogP) is 1.20. The molecule has 1 aromatic rings. The van der Waals surface area contributed by atoms with E-state index >= 15 is 0 Å². The summed E-state index contributed by atoms with van der Waals surface area (Å²) in [5.74, 6) is 2.26. The fourth-order valence-corrected chi connectivity index (χ4v) is 2.33. The topological polar surface area (TPSA) is 54.2 Å². The SMILES string of the molecule is CCN(Cc1nc(C)no1)CC1CCNCC1. The zero-order chi connectivity index (χ0) is 12.1. The highest BCUT2D eigenvalue weighted by Crippen LogP contribution is 2.14. The normalized spacial score (nSPS) is 17.8. The Morgan fingerprint density at radius 1 is 1.41 bits per heavy atom. The van der Waals surface area contributed by atoms with Gasteiger partial charge in [0.15, 0.2) is 5.82 Å². The van der Waals surface area contributed by atoms with Gasteiger partial charge in [0.25, 0.3) is 0 Å². The van der Waals surface area contributed by atoms with Crippen molar-refractivity contribution in [3.63, 3.8) is 0 Å². The van der Waals surface area contributed by atoms with Crippen molar-refractivity contribution in [1.82, 2.24) is 20.4 Å². The Morgan fingerprint density at radius 2 is 2.18 bits per heavy atom. The van der Waals surface area contributed by atoms with Crippen molar-refractivity contribution in [2.24, 2.45) is 5.92 Å². The van der Waals surface area contributed by atoms with Gasteiger partial charge in [-0.15, -0.1) is 0 Å². The van der Waals surface area contributed by atoms with Crippen LogP contribution in [0.5, 0.6) is 0 Å². The Morgan fingerprint density at radius 3 is 2.76 bits per heavy atom. The summed E-state index contributed by atoms with van der Waals surface area (Å²) in [7, 11) is 0. The molecule has 0 bridgehead atoms. The van der Waals surface area contributed by atoms with Crippen molar-refractivity contribution in [3.8, 4) is 0 Å². The van der Waals surface area contributed by atoms with Gasteiger partial charge in [0.2, 0.25) is 5.89 Å². The molecule has 0 atom stereocenters. The van der Waals surface area contributed by atoms with E-state index in [1.165, 1.54) is 12.8 Å². The molecular weight excluding hydrogens is 216 g/mol. The lowest BCUT2D eigenvalue weighted by atomic mass is 9.97. The summed E-state index contributed by atoms with van der Waals surface area (Å²) in [6.45, 7) is 9.30. The second kappa shape index (κ2) is 6.12. The first kappa shape index (κ1) is 12.5. The molecule has 0 unspecified atom stereocenters. The van der Waals surface area contributed by atoms with Crippen LogP contribution in [0.15, 0.2) is 4.52 Å². The van der Waals surface area contributed by atoms with E-state index in [-0.39, 0.29) is 0 Å². The summed E-state index contributed by atoms with van der Waals surface area (Å²) < 4.78 is 5.17. The number of hydrogen-bond acceptors (Lipinski definition) is 5. The molecule has 17 heavy (non-hydrogen) atoms. The lowest BCUT2D eigenvalue weighted by Gasteiger charge is -2.28. The fourth-order valence-electron chi connectivity index (χ4n) is 2.33. The second-order valence-electron chi connectivity index (χ2n) is 4.76. The van der Waals surface area contributed by atoms with Gasteiger partial charge in [-0.3, -0.25) is 4.90 Å². The van der Waals surface area contributed by atoms with Crippen molar-refractivity contribution in [2.75, 3.05) is 26.2 Å². The van der Waals surface area contributed by atoms with Crippen LogP contribution in [0.4, 0.5) is 0 Å². The number of aromatic nitrogens is 2. The molecule has 0 aliphatic carbocycles. The number of nitrogens with one attached hydrogen (secondary N) is 1. The Hall–Kier alpha value is -0.940. The third-order valence-electron chi connectivity index (χ3n) is 3.35. The van der Waals surface area contributed by atoms with E-state index in [1.54, 1.807) is 0 Å². The first-order valence-corrected chi connectivity index (χ1v) is 6.50. The lowest BCUT2D eigenvalue weighted by molar-refractivity contribution is 0.185. The predicted molar refractivity (Wildman–Crippen MR) is 65.6 cm³/mol. The average Bonchev–Trinajstić information content (AvgIpc) is 2.75. The minimum Gasteiger partial charge on any atom is -0.338 e. The summed E-state index contributed by atoms with van der Waals surface area (Å²) in [6.07, 6.45) is 2.55. The molecule has 0 spiro atoms. The molecule has 5 nitrogen and oxygen atoms in total. The Kier molecular flexibility index (Phi) is 4.50. The maximum absolute atomic E-state index is 5.17. The molecule has 1 fully saturated rings. The van der Waals surface area contributed by atoms with E-state index in [0.717, 1.165) is 50.4 Å². The second-order valence-corrected chi connectivity index (χ2v) is 4.76. The van der Waals surface area contributed by atoms with E-state index in [2.05, 4.69) is 27.3 Å². The van der Waals surface area contributed by atoms with Crippen LogP contribution in [0, 0.1) is 12.8 Å². The standard InChI is InChI=1S/C12H22N4O/c1-3-16(8-11-4-6-13-7-5-11)9-12-14-10(2)15-17-12/h11,13H,3-9H2,1-2H3. The van der Waals surface area contributed by atoms with Crippen molar-refractivity contribution < 1.29 is 4.52 Å². The van der Waals surface area contributed by atoms with Gasteiger partial charge >= 0.3 is 0 Å². The largest absolute Gasteiger partial charge is 0.338 e. The molecule has 0 amide bonds. The van der Waals surface area contributed by atoms with Gasteiger partial charge in [0.1, 0.15) is 0 Å². The van der Waals surface area contributed by atoms with Gasteiger partial charge in [-0.2, -0.15) is 4.98 Å². The van der Waals surface area contributed by atoms with Gasteiger partial charge < -0.3 is 9.84 Å². The highest BCUT2D eigenvalue weighted by molar-refractivity contribution is 4.83. The molecule has 5 heteroatoms. The molecular formula is C12H22N4O. The maximum atomic E-state index is 5.17. The van der Waals surface area contributed by atoms with Crippen LogP contribution >= 0.6 is 0 Å². The van der Waals surface area contributed by atoms with Crippen LogP contribution in [0.3, 0.4) is 0 Å². The van der Waals surface area contributed by atoms with Crippen LogP contribution < -0.4 is 5.32 Å². The zero-order valence-electron chi connectivity index (χ0n) is 10.8. The molecule has 2 rings (SSSR count). The minimum atomic E-state index is 0.720. The van der Waals surface area contributed by atoms with Gasteiger partial charge in [-0.05, 0) is 45.3 Å². The average molecular weight is 238 g/mol. The van der Waals surface area contributed by atoms with Crippen LogP contribution in [0.1, 0.15) is 31.5 Å². The summed E-state index contributed by atoms with van der Waals surface area (Å²) in [4.78, 5) is 6.65. The van der Waals surface area contributed by atoms with Gasteiger partial charge in [0, 0.05) is 6.54 Å².